The smallest absolute Gasteiger partial charge is 0.305 e. The predicted molar refractivity (Wildman–Crippen MR) is 80.5 cm³/mol. The Labute approximate surface area is 123 Å². The first kappa shape index (κ1) is 16.8. The van der Waals surface area contributed by atoms with Gasteiger partial charge in [-0.25, -0.2) is 0 Å². The van der Waals surface area contributed by atoms with Crippen LogP contribution in [0.2, 0.25) is 0 Å². The van der Waals surface area contributed by atoms with Crippen LogP contribution < -0.4 is 5.32 Å². The molecule has 1 aromatic rings. The van der Waals surface area contributed by atoms with Gasteiger partial charge in [-0.2, -0.15) is 0 Å². The summed E-state index contributed by atoms with van der Waals surface area (Å²) in [5.41, 5.74) is 0. The van der Waals surface area contributed by atoms with Crippen LogP contribution in [0.5, 0.6) is 0 Å². The van der Waals surface area contributed by atoms with Crippen LogP contribution in [-0.4, -0.2) is 54.0 Å². The van der Waals surface area contributed by atoms with Gasteiger partial charge < -0.3 is 15.3 Å². The SMILES string of the molecule is CCN(CC)CCNC(CC(=O)O)C(=O)c1cccs1. The van der Waals surface area contributed by atoms with E-state index in [4.69, 9.17) is 5.11 Å². The number of carboxylic acid groups (broad SMARTS) is 1. The van der Waals surface area contributed by atoms with E-state index in [0.29, 0.717) is 11.4 Å². The summed E-state index contributed by atoms with van der Waals surface area (Å²) in [6, 6.07) is 2.88. The molecule has 1 heterocycles. The average Bonchev–Trinajstić information content (AvgIpc) is 2.95. The van der Waals surface area contributed by atoms with Gasteiger partial charge in [0.15, 0.2) is 5.78 Å². The molecule has 20 heavy (non-hydrogen) atoms. The molecule has 1 rings (SSSR count). The molecule has 0 saturated heterocycles. The first-order chi connectivity index (χ1) is 9.58. The van der Waals surface area contributed by atoms with Gasteiger partial charge in [0.25, 0.3) is 0 Å². The molecule has 0 fully saturated rings. The van der Waals surface area contributed by atoms with Crippen molar-refractivity contribution in [2.24, 2.45) is 0 Å². The molecule has 0 amide bonds. The van der Waals surface area contributed by atoms with E-state index in [1.165, 1.54) is 11.3 Å². The Morgan fingerprint density at radius 3 is 2.60 bits per heavy atom. The van der Waals surface area contributed by atoms with Gasteiger partial charge in [0.05, 0.1) is 17.3 Å². The average molecular weight is 298 g/mol. The second-order valence-electron chi connectivity index (χ2n) is 4.47. The number of aliphatic carboxylic acids is 1. The van der Waals surface area contributed by atoms with E-state index < -0.39 is 12.0 Å². The van der Waals surface area contributed by atoms with Crippen LogP contribution in [0.25, 0.3) is 0 Å². The van der Waals surface area contributed by atoms with E-state index in [-0.39, 0.29) is 12.2 Å². The highest BCUT2D eigenvalue weighted by Crippen LogP contribution is 2.13. The van der Waals surface area contributed by atoms with Gasteiger partial charge in [-0.1, -0.05) is 19.9 Å². The highest BCUT2D eigenvalue weighted by atomic mass is 32.1. The molecule has 1 atom stereocenters. The van der Waals surface area contributed by atoms with Gasteiger partial charge in [-0.15, -0.1) is 11.3 Å². The minimum absolute atomic E-state index is 0.137. The van der Waals surface area contributed by atoms with Crippen molar-refractivity contribution in [3.8, 4) is 0 Å². The zero-order chi connectivity index (χ0) is 15.0. The van der Waals surface area contributed by atoms with Crippen LogP contribution in [0.3, 0.4) is 0 Å². The minimum Gasteiger partial charge on any atom is -0.481 e. The fraction of sp³-hybridized carbons (Fsp3) is 0.571. The maximum Gasteiger partial charge on any atom is 0.305 e. The number of thiophene rings is 1. The summed E-state index contributed by atoms with van der Waals surface area (Å²) in [5, 5.41) is 13.8. The highest BCUT2D eigenvalue weighted by Gasteiger charge is 2.23. The molecule has 112 valence electrons. The van der Waals surface area contributed by atoms with Crippen molar-refractivity contribution in [2.45, 2.75) is 26.3 Å². The molecule has 1 aromatic heterocycles. The first-order valence-corrected chi connectivity index (χ1v) is 7.71. The fourth-order valence-electron chi connectivity index (χ4n) is 1.96. The van der Waals surface area contributed by atoms with E-state index in [2.05, 4.69) is 24.1 Å². The van der Waals surface area contributed by atoms with Crippen molar-refractivity contribution in [3.63, 3.8) is 0 Å². The van der Waals surface area contributed by atoms with Crippen LogP contribution in [0.15, 0.2) is 17.5 Å². The maximum absolute atomic E-state index is 12.2. The minimum atomic E-state index is -0.963. The normalized spacial score (nSPS) is 12.6. The molecule has 0 spiro atoms. The van der Waals surface area contributed by atoms with Gasteiger partial charge in [-0.3, -0.25) is 9.59 Å². The maximum atomic E-state index is 12.2. The zero-order valence-corrected chi connectivity index (χ0v) is 12.8. The lowest BCUT2D eigenvalue weighted by Crippen LogP contribution is -2.42. The van der Waals surface area contributed by atoms with Gasteiger partial charge in [0.1, 0.15) is 0 Å². The highest BCUT2D eigenvalue weighted by molar-refractivity contribution is 7.12. The van der Waals surface area contributed by atoms with Crippen LogP contribution >= 0.6 is 11.3 Å². The quantitative estimate of drug-likeness (QED) is 0.644. The number of ketones is 1. The predicted octanol–water partition coefficient (Wildman–Crippen LogP) is 1.71. The molecular formula is C14H22N2O3S. The standard InChI is InChI=1S/C14H22N2O3S/c1-3-16(4-2)8-7-15-11(10-13(17)18)14(19)12-6-5-9-20-12/h5-6,9,11,15H,3-4,7-8,10H2,1-2H3,(H,17,18). The van der Waals surface area contributed by atoms with Gasteiger partial charge in [-0.05, 0) is 24.5 Å². The molecule has 0 radical (unpaired) electrons. The lowest BCUT2D eigenvalue weighted by molar-refractivity contribution is -0.137. The summed E-state index contributed by atoms with van der Waals surface area (Å²) < 4.78 is 0. The van der Waals surface area contributed by atoms with Crippen molar-refractivity contribution >= 4 is 23.1 Å². The van der Waals surface area contributed by atoms with Gasteiger partial charge in [0, 0.05) is 13.1 Å². The molecule has 2 N–H and O–H groups in total. The van der Waals surface area contributed by atoms with Crippen molar-refractivity contribution < 1.29 is 14.7 Å². The molecule has 0 aliphatic carbocycles. The number of carbonyl (C=O) groups is 2. The Morgan fingerprint density at radius 2 is 2.10 bits per heavy atom. The van der Waals surface area contributed by atoms with Crippen molar-refractivity contribution in [1.29, 1.82) is 0 Å². The van der Waals surface area contributed by atoms with Crippen LogP contribution in [-0.2, 0) is 4.79 Å². The zero-order valence-electron chi connectivity index (χ0n) is 12.0. The number of hydrogen-bond donors (Lipinski definition) is 2. The van der Waals surface area contributed by atoms with E-state index in [1.54, 1.807) is 12.1 Å². The summed E-state index contributed by atoms with van der Waals surface area (Å²) in [6.07, 6.45) is -0.186. The van der Waals surface area contributed by atoms with E-state index in [0.717, 1.165) is 19.6 Å². The molecule has 1 unspecified atom stereocenters. The Kier molecular flexibility index (Phi) is 7.43. The number of likely N-dealkylation sites (N-methyl/N-ethyl adjacent to an activating group) is 1. The topological polar surface area (TPSA) is 69.6 Å². The monoisotopic (exact) mass is 298 g/mol. The Balaban J connectivity index is 2.56. The van der Waals surface area contributed by atoms with Gasteiger partial charge in [0.2, 0.25) is 0 Å². The Morgan fingerprint density at radius 1 is 1.40 bits per heavy atom. The van der Waals surface area contributed by atoms with Crippen LogP contribution in [0, 0.1) is 0 Å². The van der Waals surface area contributed by atoms with Crippen LogP contribution in [0.4, 0.5) is 0 Å². The summed E-state index contributed by atoms with van der Waals surface area (Å²) in [5.74, 6) is -1.10. The molecule has 0 aromatic carbocycles. The number of rotatable bonds is 10. The van der Waals surface area contributed by atoms with Crippen molar-refractivity contribution in [3.05, 3.63) is 22.4 Å². The molecule has 0 aliphatic heterocycles. The summed E-state index contributed by atoms with van der Waals surface area (Å²) in [6.45, 7) is 7.46. The number of carboxylic acids is 1. The third kappa shape index (κ3) is 5.40. The number of hydrogen-bond acceptors (Lipinski definition) is 5. The third-order valence-electron chi connectivity index (χ3n) is 3.17. The molecular weight excluding hydrogens is 276 g/mol. The molecule has 0 bridgehead atoms. The number of carbonyl (C=O) groups excluding carboxylic acids is 1. The van der Waals surface area contributed by atoms with Gasteiger partial charge >= 0.3 is 5.97 Å². The first-order valence-electron chi connectivity index (χ1n) is 6.83. The molecule has 5 nitrogen and oxygen atoms in total. The summed E-state index contributed by atoms with van der Waals surface area (Å²) in [7, 11) is 0. The van der Waals surface area contributed by atoms with Crippen molar-refractivity contribution in [2.75, 3.05) is 26.2 Å². The number of nitrogens with one attached hydrogen (secondary N) is 1. The van der Waals surface area contributed by atoms with Crippen molar-refractivity contribution in [1.82, 2.24) is 10.2 Å². The van der Waals surface area contributed by atoms with E-state index in [9.17, 15) is 9.59 Å². The van der Waals surface area contributed by atoms with E-state index in [1.807, 2.05) is 5.38 Å². The summed E-state index contributed by atoms with van der Waals surface area (Å²) >= 11 is 1.34. The molecule has 0 saturated carbocycles. The lowest BCUT2D eigenvalue weighted by atomic mass is 10.1. The fourth-order valence-corrected chi connectivity index (χ4v) is 2.68. The van der Waals surface area contributed by atoms with Crippen LogP contribution in [0.1, 0.15) is 29.9 Å². The second kappa shape index (κ2) is 8.84. The number of nitrogens with zero attached hydrogens (tertiary/aromatic N) is 1. The summed E-state index contributed by atoms with van der Waals surface area (Å²) in [4.78, 5) is 25.9. The number of Topliss-reactive ketones (excluding diaryl/α,β-unsaturated/α-hetero) is 1. The Hall–Kier alpha value is -1.24. The Bertz CT molecular complexity index is 416. The largest absolute Gasteiger partial charge is 0.481 e. The molecule has 0 aliphatic rings. The third-order valence-corrected chi connectivity index (χ3v) is 4.06. The molecule has 6 heteroatoms. The second-order valence-corrected chi connectivity index (χ2v) is 5.42. The van der Waals surface area contributed by atoms with E-state index >= 15 is 0 Å². The lowest BCUT2D eigenvalue weighted by Gasteiger charge is -2.20.